The fourth-order valence-corrected chi connectivity index (χ4v) is 2.76. The number of aliphatic carboxylic acids is 1. The smallest absolute Gasteiger partial charge is 0.307 e. The average molecular weight is 324 g/mol. The number of carboxylic acids is 1. The molecular weight excluding hydrogens is 307 g/mol. The summed E-state index contributed by atoms with van der Waals surface area (Å²) in [5.74, 6) is -0.724. The van der Waals surface area contributed by atoms with Gasteiger partial charge in [0.05, 0.1) is 6.42 Å². The Morgan fingerprint density at radius 3 is 2.58 bits per heavy atom. The number of hydrogen-bond acceptors (Lipinski definition) is 2. The molecule has 122 valence electrons. The van der Waals surface area contributed by atoms with Gasteiger partial charge in [0.25, 0.3) is 0 Å². The van der Waals surface area contributed by atoms with E-state index in [0.717, 1.165) is 16.5 Å². The van der Waals surface area contributed by atoms with Crippen molar-refractivity contribution in [3.05, 3.63) is 77.1 Å². The Bertz CT molecular complexity index is 888. The number of ether oxygens (including phenoxy) is 1. The molecule has 0 saturated heterocycles. The van der Waals surface area contributed by atoms with E-state index in [1.807, 2.05) is 37.3 Å². The molecule has 0 bridgehead atoms. The molecule has 0 heterocycles. The highest BCUT2D eigenvalue weighted by Gasteiger charge is 2.14. The largest absolute Gasteiger partial charge is 0.488 e. The maximum Gasteiger partial charge on any atom is 0.307 e. The summed E-state index contributed by atoms with van der Waals surface area (Å²) in [6.07, 6.45) is -0.0964. The van der Waals surface area contributed by atoms with Gasteiger partial charge in [0.2, 0.25) is 0 Å². The summed E-state index contributed by atoms with van der Waals surface area (Å²) in [4.78, 5) is 11.1. The number of carbonyl (C=O) groups is 1. The van der Waals surface area contributed by atoms with E-state index in [1.54, 1.807) is 12.1 Å². The van der Waals surface area contributed by atoms with Gasteiger partial charge in [-0.25, -0.2) is 4.39 Å². The minimum atomic E-state index is -0.909. The Hall–Kier alpha value is -2.88. The van der Waals surface area contributed by atoms with E-state index in [0.29, 0.717) is 23.3 Å². The van der Waals surface area contributed by atoms with E-state index in [4.69, 9.17) is 9.84 Å². The van der Waals surface area contributed by atoms with E-state index < -0.39 is 5.97 Å². The predicted molar refractivity (Wildman–Crippen MR) is 90.8 cm³/mol. The van der Waals surface area contributed by atoms with Crippen LogP contribution in [0.5, 0.6) is 5.75 Å². The van der Waals surface area contributed by atoms with E-state index in [2.05, 4.69) is 0 Å². The van der Waals surface area contributed by atoms with Crippen molar-refractivity contribution in [2.24, 2.45) is 0 Å². The first kappa shape index (κ1) is 16.0. The van der Waals surface area contributed by atoms with Gasteiger partial charge in [-0.3, -0.25) is 4.79 Å². The molecule has 0 aliphatic rings. The molecule has 0 saturated carbocycles. The Balaban J connectivity index is 2.06. The van der Waals surface area contributed by atoms with Gasteiger partial charge in [-0.15, -0.1) is 0 Å². The summed E-state index contributed by atoms with van der Waals surface area (Å²) >= 11 is 0. The van der Waals surface area contributed by atoms with Gasteiger partial charge in [-0.05, 0) is 41.1 Å². The van der Waals surface area contributed by atoms with Crippen LogP contribution in [0, 0.1) is 12.7 Å². The monoisotopic (exact) mass is 324 g/mol. The Morgan fingerprint density at radius 1 is 1.12 bits per heavy atom. The zero-order chi connectivity index (χ0) is 17.1. The fraction of sp³-hybridized carbons (Fsp3) is 0.150. The van der Waals surface area contributed by atoms with E-state index in [9.17, 15) is 9.18 Å². The zero-order valence-electron chi connectivity index (χ0n) is 13.3. The molecular formula is C20H17FO3. The standard InChI is InChI=1S/C20H17FO3/c1-13-16(10-19(22)23)9-15-7-8-17(21)11-18(15)20(13)24-12-14-5-3-2-4-6-14/h2-9,11H,10,12H2,1H3,(H,22,23). The van der Waals surface area contributed by atoms with Crippen molar-refractivity contribution in [1.82, 2.24) is 0 Å². The summed E-state index contributed by atoms with van der Waals surface area (Å²) in [5.41, 5.74) is 2.39. The minimum absolute atomic E-state index is 0.0964. The van der Waals surface area contributed by atoms with Crippen molar-refractivity contribution in [1.29, 1.82) is 0 Å². The normalized spacial score (nSPS) is 10.8. The quantitative estimate of drug-likeness (QED) is 0.752. The van der Waals surface area contributed by atoms with Crippen LogP contribution in [0.2, 0.25) is 0 Å². The molecule has 24 heavy (non-hydrogen) atoms. The first-order valence-corrected chi connectivity index (χ1v) is 7.65. The van der Waals surface area contributed by atoms with Crippen molar-refractivity contribution in [3.63, 3.8) is 0 Å². The molecule has 0 fully saturated rings. The number of benzene rings is 3. The molecule has 3 aromatic carbocycles. The molecule has 3 aromatic rings. The van der Waals surface area contributed by atoms with Crippen LogP contribution in [0.15, 0.2) is 54.6 Å². The van der Waals surface area contributed by atoms with Crippen LogP contribution >= 0.6 is 0 Å². The van der Waals surface area contributed by atoms with Crippen LogP contribution in [0.3, 0.4) is 0 Å². The second-order valence-corrected chi connectivity index (χ2v) is 5.70. The van der Waals surface area contributed by atoms with Gasteiger partial charge < -0.3 is 9.84 Å². The first-order valence-electron chi connectivity index (χ1n) is 7.65. The van der Waals surface area contributed by atoms with Crippen LogP contribution in [0.1, 0.15) is 16.7 Å². The highest BCUT2D eigenvalue weighted by atomic mass is 19.1. The maximum atomic E-state index is 13.7. The molecule has 0 aliphatic heterocycles. The van der Waals surface area contributed by atoms with Gasteiger partial charge in [0.15, 0.2) is 0 Å². The third-order valence-electron chi connectivity index (χ3n) is 3.98. The molecule has 0 spiro atoms. The summed E-state index contributed by atoms with van der Waals surface area (Å²) < 4.78 is 19.6. The van der Waals surface area contributed by atoms with E-state index in [-0.39, 0.29) is 12.2 Å². The molecule has 0 radical (unpaired) electrons. The second kappa shape index (κ2) is 6.71. The SMILES string of the molecule is Cc1c(CC(=O)O)cc2ccc(F)cc2c1OCc1ccccc1. The van der Waals surface area contributed by atoms with Crippen molar-refractivity contribution in [2.75, 3.05) is 0 Å². The van der Waals surface area contributed by atoms with Crippen LogP contribution < -0.4 is 4.74 Å². The summed E-state index contributed by atoms with van der Waals surface area (Å²) in [7, 11) is 0. The minimum Gasteiger partial charge on any atom is -0.488 e. The molecule has 0 aromatic heterocycles. The van der Waals surface area contributed by atoms with Gasteiger partial charge >= 0.3 is 5.97 Å². The van der Waals surface area contributed by atoms with Crippen molar-refractivity contribution in [3.8, 4) is 5.75 Å². The summed E-state index contributed by atoms with van der Waals surface area (Å²) in [6, 6.07) is 15.9. The first-order chi connectivity index (χ1) is 11.5. The zero-order valence-corrected chi connectivity index (χ0v) is 13.3. The van der Waals surface area contributed by atoms with Gasteiger partial charge in [-0.2, -0.15) is 0 Å². The Morgan fingerprint density at radius 2 is 1.88 bits per heavy atom. The highest BCUT2D eigenvalue weighted by Crippen LogP contribution is 2.34. The van der Waals surface area contributed by atoms with E-state index in [1.165, 1.54) is 12.1 Å². The van der Waals surface area contributed by atoms with Crippen LogP contribution in [0.25, 0.3) is 10.8 Å². The molecule has 4 heteroatoms. The number of carboxylic acid groups (broad SMARTS) is 1. The molecule has 0 aliphatic carbocycles. The fourth-order valence-electron chi connectivity index (χ4n) is 2.76. The molecule has 3 rings (SSSR count). The summed E-state index contributed by atoms with van der Waals surface area (Å²) in [5, 5.41) is 10.5. The lowest BCUT2D eigenvalue weighted by Gasteiger charge is -2.16. The van der Waals surface area contributed by atoms with Crippen LogP contribution in [-0.4, -0.2) is 11.1 Å². The lowest BCUT2D eigenvalue weighted by Crippen LogP contribution is -2.05. The van der Waals surface area contributed by atoms with Crippen molar-refractivity contribution in [2.45, 2.75) is 20.0 Å². The van der Waals surface area contributed by atoms with Gasteiger partial charge in [-0.1, -0.05) is 42.5 Å². The molecule has 0 unspecified atom stereocenters. The second-order valence-electron chi connectivity index (χ2n) is 5.70. The predicted octanol–water partition coefficient (Wildman–Crippen LogP) is 4.49. The third kappa shape index (κ3) is 3.38. The molecule has 0 atom stereocenters. The average Bonchev–Trinajstić information content (AvgIpc) is 2.56. The number of rotatable bonds is 5. The number of halogens is 1. The van der Waals surface area contributed by atoms with Crippen molar-refractivity contribution < 1.29 is 19.0 Å². The number of hydrogen-bond donors (Lipinski definition) is 1. The number of fused-ring (bicyclic) bond motifs is 1. The topological polar surface area (TPSA) is 46.5 Å². The third-order valence-corrected chi connectivity index (χ3v) is 3.98. The van der Waals surface area contributed by atoms with E-state index >= 15 is 0 Å². The lowest BCUT2D eigenvalue weighted by atomic mass is 9.98. The van der Waals surface area contributed by atoms with Crippen LogP contribution in [0.4, 0.5) is 4.39 Å². The molecule has 1 N–H and O–H groups in total. The molecule has 3 nitrogen and oxygen atoms in total. The maximum absolute atomic E-state index is 13.7. The van der Waals surface area contributed by atoms with Crippen molar-refractivity contribution >= 4 is 16.7 Å². The Kier molecular flexibility index (Phi) is 4.47. The molecule has 0 amide bonds. The van der Waals surface area contributed by atoms with Gasteiger partial charge in [0, 0.05) is 5.39 Å². The van der Waals surface area contributed by atoms with Gasteiger partial charge in [0.1, 0.15) is 18.2 Å². The lowest BCUT2D eigenvalue weighted by molar-refractivity contribution is -0.136. The van der Waals surface area contributed by atoms with Crippen LogP contribution in [-0.2, 0) is 17.8 Å². The highest BCUT2D eigenvalue weighted by molar-refractivity contribution is 5.91. The Labute approximate surface area is 139 Å². The summed E-state index contributed by atoms with van der Waals surface area (Å²) in [6.45, 7) is 2.15.